The molecule has 1 rings (SSSR count). The van der Waals surface area contributed by atoms with Crippen molar-refractivity contribution in [1.82, 2.24) is 5.32 Å². The maximum Gasteiger partial charge on any atom is 0.0953 e. The monoisotopic (exact) mass is 293 g/mol. The lowest BCUT2D eigenvalue weighted by Gasteiger charge is -2.22. The summed E-state index contributed by atoms with van der Waals surface area (Å²) < 4.78 is 11.6. The fraction of sp³-hybridized carbons (Fsp3) is 0.667. The molecule has 1 aromatic rings. The lowest BCUT2D eigenvalue weighted by atomic mass is 10.0. The van der Waals surface area contributed by atoms with E-state index >= 15 is 0 Å². The molecular formula is C18H31NO2. The molecule has 0 spiro atoms. The zero-order chi connectivity index (χ0) is 15.7. The van der Waals surface area contributed by atoms with Gasteiger partial charge in [-0.05, 0) is 24.0 Å². The first-order valence-corrected chi connectivity index (χ1v) is 7.99. The van der Waals surface area contributed by atoms with Crippen LogP contribution in [-0.4, -0.2) is 32.4 Å². The summed E-state index contributed by atoms with van der Waals surface area (Å²) in [5.74, 6) is 0.569. The zero-order valence-corrected chi connectivity index (χ0v) is 14.2. The highest BCUT2D eigenvalue weighted by atomic mass is 16.5. The molecule has 0 bridgehead atoms. The first-order valence-electron chi connectivity index (χ1n) is 7.99. The van der Waals surface area contributed by atoms with Crippen LogP contribution in [0.25, 0.3) is 0 Å². The van der Waals surface area contributed by atoms with Gasteiger partial charge in [-0.2, -0.15) is 0 Å². The summed E-state index contributed by atoms with van der Waals surface area (Å²) in [5.41, 5.74) is 2.53. The molecule has 120 valence electrons. The number of hydrogen-bond acceptors (Lipinski definition) is 3. The van der Waals surface area contributed by atoms with E-state index in [1.165, 1.54) is 11.1 Å². The first-order chi connectivity index (χ1) is 10.0. The summed E-state index contributed by atoms with van der Waals surface area (Å²) in [6.45, 7) is 13.7. The second kappa shape index (κ2) is 9.93. The van der Waals surface area contributed by atoms with Gasteiger partial charge in [-0.25, -0.2) is 0 Å². The molecule has 0 saturated heterocycles. The Kier molecular flexibility index (Phi) is 8.58. The third-order valence-corrected chi connectivity index (χ3v) is 3.24. The second-order valence-corrected chi connectivity index (χ2v) is 6.25. The summed E-state index contributed by atoms with van der Waals surface area (Å²) in [6.07, 6.45) is 0.0799. The highest BCUT2D eigenvalue weighted by Gasteiger charge is 2.14. The smallest absolute Gasteiger partial charge is 0.0953 e. The van der Waals surface area contributed by atoms with E-state index in [1.54, 1.807) is 0 Å². The second-order valence-electron chi connectivity index (χ2n) is 6.25. The summed E-state index contributed by atoms with van der Waals surface area (Å²) in [5, 5.41) is 3.46. The highest BCUT2D eigenvalue weighted by Crippen LogP contribution is 2.20. The van der Waals surface area contributed by atoms with Gasteiger partial charge in [-0.15, -0.1) is 0 Å². The SMILES string of the molecule is Cc1ccccc1C(CNC(C)C)OCCOCC(C)C. The number of nitrogens with one attached hydrogen (secondary N) is 1. The van der Waals surface area contributed by atoms with Gasteiger partial charge in [-0.1, -0.05) is 52.0 Å². The van der Waals surface area contributed by atoms with Gasteiger partial charge in [0, 0.05) is 19.2 Å². The molecule has 0 heterocycles. The molecule has 1 atom stereocenters. The van der Waals surface area contributed by atoms with Crippen LogP contribution in [0.1, 0.15) is 44.9 Å². The van der Waals surface area contributed by atoms with E-state index in [0.29, 0.717) is 25.2 Å². The normalized spacial score (nSPS) is 13.1. The third kappa shape index (κ3) is 7.60. The Morgan fingerprint density at radius 1 is 1.05 bits per heavy atom. The molecule has 0 saturated carbocycles. The van der Waals surface area contributed by atoms with Crippen molar-refractivity contribution in [2.24, 2.45) is 5.92 Å². The van der Waals surface area contributed by atoms with Crippen molar-refractivity contribution in [3.8, 4) is 0 Å². The Morgan fingerprint density at radius 2 is 1.76 bits per heavy atom. The van der Waals surface area contributed by atoms with Crippen LogP contribution in [-0.2, 0) is 9.47 Å². The van der Waals surface area contributed by atoms with Crippen molar-refractivity contribution in [2.45, 2.75) is 46.8 Å². The summed E-state index contributed by atoms with van der Waals surface area (Å²) in [4.78, 5) is 0. The quantitative estimate of drug-likeness (QED) is 0.667. The van der Waals surface area contributed by atoms with Crippen molar-refractivity contribution < 1.29 is 9.47 Å². The van der Waals surface area contributed by atoms with Crippen LogP contribution in [0.4, 0.5) is 0 Å². The highest BCUT2D eigenvalue weighted by molar-refractivity contribution is 5.28. The minimum atomic E-state index is 0.0799. The van der Waals surface area contributed by atoms with Crippen LogP contribution in [0.3, 0.4) is 0 Å². The molecule has 1 aromatic carbocycles. The lowest BCUT2D eigenvalue weighted by Crippen LogP contribution is -2.30. The van der Waals surface area contributed by atoms with Crippen LogP contribution < -0.4 is 5.32 Å². The van der Waals surface area contributed by atoms with Crippen molar-refractivity contribution in [3.63, 3.8) is 0 Å². The Morgan fingerprint density at radius 3 is 2.38 bits per heavy atom. The largest absolute Gasteiger partial charge is 0.379 e. The molecule has 3 heteroatoms. The van der Waals surface area contributed by atoms with Crippen molar-refractivity contribution in [2.75, 3.05) is 26.4 Å². The van der Waals surface area contributed by atoms with Crippen molar-refractivity contribution in [3.05, 3.63) is 35.4 Å². The Bertz CT molecular complexity index is 391. The summed E-state index contributed by atoms with van der Waals surface area (Å²) >= 11 is 0. The summed E-state index contributed by atoms with van der Waals surface area (Å²) in [7, 11) is 0. The molecule has 0 radical (unpaired) electrons. The molecule has 0 aliphatic carbocycles. The van der Waals surface area contributed by atoms with Crippen LogP contribution in [0.5, 0.6) is 0 Å². The van der Waals surface area contributed by atoms with E-state index in [9.17, 15) is 0 Å². The van der Waals surface area contributed by atoms with Gasteiger partial charge in [-0.3, -0.25) is 0 Å². The molecule has 1 N–H and O–H groups in total. The molecule has 0 aromatic heterocycles. The molecule has 0 fully saturated rings. The molecule has 0 aliphatic heterocycles. The molecule has 3 nitrogen and oxygen atoms in total. The van der Waals surface area contributed by atoms with Gasteiger partial charge in [0.15, 0.2) is 0 Å². The van der Waals surface area contributed by atoms with Crippen LogP contribution >= 0.6 is 0 Å². The van der Waals surface area contributed by atoms with Crippen LogP contribution in [0.2, 0.25) is 0 Å². The average Bonchev–Trinajstić information content (AvgIpc) is 2.42. The predicted molar refractivity (Wildman–Crippen MR) is 88.7 cm³/mol. The van der Waals surface area contributed by atoms with Gasteiger partial charge in [0.05, 0.1) is 19.3 Å². The number of hydrogen-bond donors (Lipinski definition) is 1. The predicted octanol–water partition coefficient (Wildman–Crippen LogP) is 3.72. The third-order valence-electron chi connectivity index (χ3n) is 3.24. The van der Waals surface area contributed by atoms with E-state index in [2.05, 4.69) is 64.2 Å². The molecule has 0 amide bonds. The maximum absolute atomic E-state index is 6.05. The molecule has 1 unspecified atom stereocenters. The van der Waals surface area contributed by atoms with Crippen molar-refractivity contribution in [1.29, 1.82) is 0 Å². The Hall–Kier alpha value is -0.900. The number of aryl methyl sites for hydroxylation is 1. The van der Waals surface area contributed by atoms with E-state index in [4.69, 9.17) is 9.47 Å². The number of benzene rings is 1. The number of ether oxygens (including phenoxy) is 2. The minimum absolute atomic E-state index is 0.0799. The van der Waals surface area contributed by atoms with Crippen molar-refractivity contribution >= 4 is 0 Å². The van der Waals surface area contributed by atoms with Gasteiger partial charge in [0.25, 0.3) is 0 Å². The van der Waals surface area contributed by atoms with Gasteiger partial charge in [0.1, 0.15) is 0 Å². The van der Waals surface area contributed by atoms with E-state index < -0.39 is 0 Å². The van der Waals surface area contributed by atoms with Gasteiger partial charge >= 0.3 is 0 Å². The molecule has 21 heavy (non-hydrogen) atoms. The van der Waals surface area contributed by atoms with E-state index in [-0.39, 0.29) is 6.10 Å². The topological polar surface area (TPSA) is 30.5 Å². The van der Waals surface area contributed by atoms with Gasteiger partial charge < -0.3 is 14.8 Å². The van der Waals surface area contributed by atoms with Crippen LogP contribution in [0, 0.1) is 12.8 Å². The van der Waals surface area contributed by atoms with E-state index in [0.717, 1.165) is 13.2 Å². The Labute approximate surface area is 130 Å². The lowest BCUT2D eigenvalue weighted by molar-refractivity contribution is -0.00212. The fourth-order valence-corrected chi connectivity index (χ4v) is 2.12. The number of rotatable bonds is 10. The minimum Gasteiger partial charge on any atom is -0.379 e. The standard InChI is InChI=1S/C18H31NO2/c1-14(2)13-20-10-11-21-18(12-19-15(3)4)17-9-7-6-8-16(17)5/h6-9,14-15,18-19H,10-13H2,1-5H3. The zero-order valence-electron chi connectivity index (χ0n) is 14.2. The summed E-state index contributed by atoms with van der Waals surface area (Å²) in [6, 6.07) is 8.88. The average molecular weight is 293 g/mol. The van der Waals surface area contributed by atoms with E-state index in [1.807, 2.05) is 0 Å². The Balaban J connectivity index is 2.51. The fourth-order valence-electron chi connectivity index (χ4n) is 2.12. The van der Waals surface area contributed by atoms with Crippen LogP contribution in [0.15, 0.2) is 24.3 Å². The maximum atomic E-state index is 6.05. The molecular weight excluding hydrogens is 262 g/mol. The molecule has 0 aliphatic rings. The van der Waals surface area contributed by atoms with Gasteiger partial charge in [0.2, 0.25) is 0 Å². The first kappa shape index (κ1) is 18.1.